The summed E-state index contributed by atoms with van der Waals surface area (Å²) in [6.07, 6.45) is 10.8. The number of unbranched alkanes of at least 4 members (excludes halogenated alkanes) is 6. The number of carbonyl (C=O) groups is 1. The molecule has 114 valence electrons. The molecule has 0 unspecified atom stereocenters. The number of carbonyl (C=O) groups excluding carboxylic acids is 1. The summed E-state index contributed by atoms with van der Waals surface area (Å²) in [5.74, 6) is -0.0518. The highest BCUT2D eigenvalue weighted by Crippen LogP contribution is 2.05. The van der Waals surface area contributed by atoms with E-state index in [2.05, 4.69) is 13.8 Å². The number of rotatable bonds is 14. The fourth-order valence-electron chi connectivity index (χ4n) is 1.86. The maximum atomic E-state index is 11.4. The number of hydrogen-bond donors (Lipinski definition) is 0. The van der Waals surface area contributed by atoms with E-state index in [0.29, 0.717) is 13.0 Å². The zero-order valence-corrected chi connectivity index (χ0v) is 12.9. The van der Waals surface area contributed by atoms with Crippen LogP contribution in [0.3, 0.4) is 0 Å². The third-order valence-corrected chi connectivity index (χ3v) is 3.03. The summed E-state index contributed by atoms with van der Waals surface area (Å²) in [6, 6.07) is 0. The lowest BCUT2D eigenvalue weighted by atomic mass is 10.1. The van der Waals surface area contributed by atoms with E-state index in [0.717, 1.165) is 38.9 Å². The van der Waals surface area contributed by atoms with E-state index >= 15 is 0 Å². The summed E-state index contributed by atoms with van der Waals surface area (Å²) in [4.78, 5) is 11.4. The average molecular weight is 272 g/mol. The summed E-state index contributed by atoms with van der Waals surface area (Å²) in [5, 5.41) is 0. The first-order valence-electron chi connectivity index (χ1n) is 8.04. The molecule has 0 N–H and O–H groups in total. The molecule has 0 aliphatic rings. The second-order valence-electron chi connectivity index (χ2n) is 5.06. The van der Waals surface area contributed by atoms with Crippen LogP contribution < -0.4 is 0 Å². The van der Waals surface area contributed by atoms with Gasteiger partial charge in [-0.2, -0.15) is 0 Å². The van der Waals surface area contributed by atoms with Gasteiger partial charge in [0.2, 0.25) is 0 Å². The van der Waals surface area contributed by atoms with Gasteiger partial charge in [0.05, 0.1) is 6.61 Å². The van der Waals surface area contributed by atoms with Gasteiger partial charge in [0.15, 0.2) is 0 Å². The standard InChI is InChI=1S/C16H32O3/c1-3-5-6-7-8-10-15-19-16(17)12-9-11-14-18-13-4-2/h3-15H2,1-2H3. The van der Waals surface area contributed by atoms with Gasteiger partial charge < -0.3 is 9.47 Å². The first-order chi connectivity index (χ1) is 9.31. The average Bonchev–Trinajstić information content (AvgIpc) is 2.41. The molecule has 0 radical (unpaired) electrons. The number of hydrogen-bond acceptors (Lipinski definition) is 3. The monoisotopic (exact) mass is 272 g/mol. The third-order valence-electron chi connectivity index (χ3n) is 3.03. The normalized spacial score (nSPS) is 10.6. The van der Waals surface area contributed by atoms with Gasteiger partial charge in [-0.3, -0.25) is 4.79 Å². The van der Waals surface area contributed by atoms with Crippen LogP contribution in [0.4, 0.5) is 0 Å². The van der Waals surface area contributed by atoms with Crippen LogP contribution in [0.15, 0.2) is 0 Å². The van der Waals surface area contributed by atoms with Crippen molar-refractivity contribution < 1.29 is 14.3 Å². The minimum atomic E-state index is -0.0518. The molecular weight excluding hydrogens is 240 g/mol. The van der Waals surface area contributed by atoms with Crippen molar-refractivity contribution in [1.82, 2.24) is 0 Å². The predicted octanol–water partition coefficient (Wildman–Crippen LogP) is 4.49. The molecule has 0 fully saturated rings. The zero-order valence-electron chi connectivity index (χ0n) is 12.9. The lowest BCUT2D eigenvalue weighted by Gasteiger charge is -2.05. The zero-order chi connectivity index (χ0) is 14.2. The molecule has 0 aromatic carbocycles. The Bertz CT molecular complexity index is 192. The second-order valence-corrected chi connectivity index (χ2v) is 5.06. The Kier molecular flexibility index (Phi) is 15.0. The van der Waals surface area contributed by atoms with Gasteiger partial charge in [-0.15, -0.1) is 0 Å². The van der Waals surface area contributed by atoms with E-state index in [1.54, 1.807) is 0 Å². The first-order valence-corrected chi connectivity index (χ1v) is 8.04. The fourth-order valence-corrected chi connectivity index (χ4v) is 1.86. The van der Waals surface area contributed by atoms with Crippen LogP contribution in [-0.4, -0.2) is 25.8 Å². The maximum absolute atomic E-state index is 11.4. The Hall–Kier alpha value is -0.570. The molecular formula is C16H32O3. The Morgan fingerprint density at radius 3 is 2.16 bits per heavy atom. The molecule has 0 heterocycles. The van der Waals surface area contributed by atoms with Crippen molar-refractivity contribution in [3.8, 4) is 0 Å². The van der Waals surface area contributed by atoms with E-state index in [1.165, 1.54) is 32.1 Å². The molecule has 19 heavy (non-hydrogen) atoms. The van der Waals surface area contributed by atoms with E-state index in [-0.39, 0.29) is 5.97 Å². The van der Waals surface area contributed by atoms with Gasteiger partial charge in [-0.05, 0) is 25.7 Å². The minimum absolute atomic E-state index is 0.0518. The molecule has 0 bridgehead atoms. The highest BCUT2D eigenvalue weighted by atomic mass is 16.5. The van der Waals surface area contributed by atoms with Crippen LogP contribution in [0.25, 0.3) is 0 Å². The van der Waals surface area contributed by atoms with Gasteiger partial charge in [0.1, 0.15) is 0 Å². The van der Waals surface area contributed by atoms with Crippen LogP contribution in [0.1, 0.15) is 78.1 Å². The van der Waals surface area contributed by atoms with E-state index in [1.807, 2.05) is 0 Å². The molecule has 0 saturated carbocycles. The SMILES string of the molecule is CCCCCCCCOC(=O)CCCCOCCC. The molecule has 0 aliphatic carbocycles. The Balaban J connectivity index is 3.13. The summed E-state index contributed by atoms with van der Waals surface area (Å²) < 4.78 is 10.6. The van der Waals surface area contributed by atoms with E-state index in [4.69, 9.17) is 9.47 Å². The van der Waals surface area contributed by atoms with Crippen LogP contribution in [-0.2, 0) is 14.3 Å². The molecule has 3 nitrogen and oxygen atoms in total. The molecule has 0 atom stereocenters. The van der Waals surface area contributed by atoms with Crippen LogP contribution in [0.5, 0.6) is 0 Å². The number of esters is 1. The first kappa shape index (κ1) is 18.4. The molecule has 3 heteroatoms. The molecule has 0 aromatic heterocycles. The van der Waals surface area contributed by atoms with Crippen LogP contribution in [0.2, 0.25) is 0 Å². The smallest absolute Gasteiger partial charge is 0.305 e. The van der Waals surface area contributed by atoms with Gasteiger partial charge >= 0.3 is 5.97 Å². The van der Waals surface area contributed by atoms with Crippen molar-refractivity contribution >= 4 is 5.97 Å². The highest BCUT2D eigenvalue weighted by molar-refractivity contribution is 5.69. The largest absolute Gasteiger partial charge is 0.466 e. The maximum Gasteiger partial charge on any atom is 0.305 e. The topological polar surface area (TPSA) is 35.5 Å². The second kappa shape index (κ2) is 15.5. The molecule has 0 amide bonds. The summed E-state index contributed by atoms with van der Waals surface area (Å²) in [5.41, 5.74) is 0. The van der Waals surface area contributed by atoms with Crippen molar-refractivity contribution in [3.05, 3.63) is 0 Å². The summed E-state index contributed by atoms with van der Waals surface area (Å²) >= 11 is 0. The van der Waals surface area contributed by atoms with Gasteiger partial charge in [-0.1, -0.05) is 46.0 Å². The van der Waals surface area contributed by atoms with Crippen molar-refractivity contribution in [2.24, 2.45) is 0 Å². The summed E-state index contributed by atoms with van der Waals surface area (Å²) in [7, 11) is 0. The third kappa shape index (κ3) is 15.4. The predicted molar refractivity (Wildman–Crippen MR) is 79.3 cm³/mol. The van der Waals surface area contributed by atoms with Crippen molar-refractivity contribution in [1.29, 1.82) is 0 Å². The summed E-state index contributed by atoms with van der Waals surface area (Å²) in [6.45, 7) is 6.49. The Labute approximate surface area is 119 Å². The van der Waals surface area contributed by atoms with Crippen molar-refractivity contribution in [2.45, 2.75) is 78.1 Å². The minimum Gasteiger partial charge on any atom is -0.466 e. The molecule has 0 aliphatic heterocycles. The highest BCUT2D eigenvalue weighted by Gasteiger charge is 2.02. The molecule has 0 saturated heterocycles. The molecule has 0 spiro atoms. The fraction of sp³-hybridized carbons (Fsp3) is 0.938. The van der Waals surface area contributed by atoms with Crippen molar-refractivity contribution in [2.75, 3.05) is 19.8 Å². The number of ether oxygens (including phenoxy) is 2. The van der Waals surface area contributed by atoms with Crippen LogP contribution >= 0.6 is 0 Å². The van der Waals surface area contributed by atoms with Gasteiger partial charge in [0, 0.05) is 19.6 Å². The lowest BCUT2D eigenvalue weighted by molar-refractivity contribution is -0.143. The van der Waals surface area contributed by atoms with E-state index < -0.39 is 0 Å². The molecule has 0 rings (SSSR count). The Morgan fingerprint density at radius 2 is 1.42 bits per heavy atom. The van der Waals surface area contributed by atoms with Gasteiger partial charge in [-0.25, -0.2) is 0 Å². The van der Waals surface area contributed by atoms with Crippen molar-refractivity contribution in [3.63, 3.8) is 0 Å². The van der Waals surface area contributed by atoms with Crippen LogP contribution in [0, 0.1) is 0 Å². The van der Waals surface area contributed by atoms with Gasteiger partial charge in [0.25, 0.3) is 0 Å². The Morgan fingerprint density at radius 1 is 0.737 bits per heavy atom. The lowest BCUT2D eigenvalue weighted by Crippen LogP contribution is -2.06. The van der Waals surface area contributed by atoms with E-state index in [9.17, 15) is 4.79 Å². The molecule has 0 aromatic rings. The quantitative estimate of drug-likeness (QED) is 0.345.